The number of hydrogen-bond donors (Lipinski definition) is 1. The van der Waals surface area contributed by atoms with Crippen molar-refractivity contribution in [2.75, 3.05) is 26.2 Å². The standard InChI is InChI=1S/C24H35FN2O4.3C2H6/c1-15(2)27(16(3)4)23(28)13-26-9-7-17(8-10-26)14-31-22-12-21(25)20(24(29)30)11-19(22)18-5-6-18;3*1-2/h11-12,15-18H,5-10,13-14H2,1-4H3,(H,29,30);3*1-2H3. The van der Waals surface area contributed by atoms with E-state index >= 15 is 0 Å². The molecule has 3 rings (SSSR count). The van der Waals surface area contributed by atoms with Crippen molar-refractivity contribution in [1.82, 2.24) is 9.80 Å². The van der Waals surface area contributed by atoms with Crippen LogP contribution in [-0.2, 0) is 4.79 Å². The molecule has 6 nitrogen and oxygen atoms in total. The third kappa shape index (κ3) is 11.0. The zero-order valence-corrected chi connectivity index (χ0v) is 25.1. The first kappa shape index (κ1) is 34.9. The van der Waals surface area contributed by atoms with E-state index in [1.54, 1.807) is 0 Å². The van der Waals surface area contributed by atoms with Crippen molar-refractivity contribution in [2.24, 2.45) is 5.92 Å². The Balaban J connectivity index is 0.00000201. The van der Waals surface area contributed by atoms with Gasteiger partial charge in [0.15, 0.2) is 0 Å². The van der Waals surface area contributed by atoms with Crippen molar-refractivity contribution < 1.29 is 23.8 Å². The van der Waals surface area contributed by atoms with E-state index in [0.717, 1.165) is 44.3 Å². The number of benzene rings is 1. The quantitative estimate of drug-likeness (QED) is 0.369. The van der Waals surface area contributed by atoms with Crippen LogP contribution < -0.4 is 4.74 Å². The summed E-state index contributed by atoms with van der Waals surface area (Å²) < 4.78 is 20.2. The van der Waals surface area contributed by atoms with E-state index in [1.807, 2.05) is 74.1 Å². The number of ether oxygens (including phenoxy) is 1. The Bertz CT molecular complexity index is 793. The predicted molar refractivity (Wildman–Crippen MR) is 151 cm³/mol. The molecule has 214 valence electrons. The van der Waals surface area contributed by atoms with Crippen LogP contribution in [0.15, 0.2) is 12.1 Å². The van der Waals surface area contributed by atoms with E-state index in [2.05, 4.69) is 4.90 Å². The van der Waals surface area contributed by atoms with Crippen molar-refractivity contribution in [1.29, 1.82) is 0 Å². The summed E-state index contributed by atoms with van der Waals surface area (Å²) in [6.45, 7) is 22.8. The summed E-state index contributed by atoms with van der Waals surface area (Å²) in [5.41, 5.74) is 0.522. The summed E-state index contributed by atoms with van der Waals surface area (Å²) in [5.74, 6) is -0.741. The number of nitrogens with zero attached hydrogens (tertiary/aromatic N) is 2. The van der Waals surface area contributed by atoms with Crippen LogP contribution in [0.3, 0.4) is 0 Å². The van der Waals surface area contributed by atoms with Crippen LogP contribution in [0.5, 0.6) is 5.75 Å². The van der Waals surface area contributed by atoms with Crippen LogP contribution in [0.1, 0.15) is 117 Å². The molecule has 1 aliphatic heterocycles. The molecule has 0 atom stereocenters. The molecule has 37 heavy (non-hydrogen) atoms. The number of piperidine rings is 1. The van der Waals surface area contributed by atoms with E-state index in [-0.39, 0.29) is 29.5 Å². The molecule has 2 fully saturated rings. The van der Waals surface area contributed by atoms with Crippen LogP contribution in [0.25, 0.3) is 0 Å². The topological polar surface area (TPSA) is 70.1 Å². The van der Waals surface area contributed by atoms with Crippen molar-refractivity contribution >= 4 is 11.9 Å². The fourth-order valence-corrected chi connectivity index (χ4v) is 4.54. The first-order chi connectivity index (χ1) is 17.7. The lowest BCUT2D eigenvalue weighted by molar-refractivity contribution is -0.136. The Morgan fingerprint density at radius 3 is 1.92 bits per heavy atom. The van der Waals surface area contributed by atoms with Crippen LogP contribution in [0.4, 0.5) is 4.39 Å². The first-order valence-electron chi connectivity index (χ1n) is 14.4. The van der Waals surface area contributed by atoms with Gasteiger partial charge in [0.1, 0.15) is 11.6 Å². The largest absolute Gasteiger partial charge is 0.493 e. The highest BCUT2D eigenvalue weighted by atomic mass is 19.1. The van der Waals surface area contributed by atoms with E-state index in [9.17, 15) is 19.1 Å². The van der Waals surface area contributed by atoms with E-state index < -0.39 is 11.8 Å². The molecule has 0 aromatic heterocycles. The minimum absolute atomic E-state index is 0.169. The third-order valence-electron chi connectivity index (χ3n) is 6.29. The normalized spacial score (nSPS) is 15.5. The van der Waals surface area contributed by atoms with Crippen LogP contribution in [-0.4, -0.2) is 65.1 Å². The minimum atomic E-state index is -1.25. The lowest BCUT2D eigenvalue weighted by atomic mass is 9.97. The second kappa shape index (κ2) is 18.2. The van der Waals surface area contributed by atoms with Gasteiger partial charge < -0.3 is 14.7 Å². The number of carboxylic acids is 1. The Labute approximate surface area is 225 Å². The summed E-state index contributed by atoms with van der Waals surface area (Å²) in [7, 11) is 0. The van der Waals surface area contributed by atoms with Crippen LogP contribution in [0.2, 0.25) is 0 Å². The Kier molecular flexibility index (Phi) is 17.1. The van der Waals surface area contributed by atoms with E-state index in [0.29, 0.717) is 24.8 Å². The molecule has 2 aliphatic rings. The smallest absolute Gasteiger partial charge is 0.338 e. The second-order valence-electron chi connectivity index (χ2n) is 9.47. The van der Waals surface area contributed by atoms with Gasteiger partial charge in [-0.15, -0.1) is 0 Å². The Morgan fingerprint density at radius 1 is 0.973 bits per heavy atom. The first-order valence-corrected chi connectivity index (χ1v) is 14.4. The number of aromatic carboxylic acids is 1. The van der Waals surface area contributed by atoms with Gasteiger partial charge >= 0.3 is 5.97 Å². The van der Waals surface area contributed by atoms with Crippen molar-refractivity contribution in [2.45, 2.75) is 113 Å². The number of halogens is 1. The van der Waals surface area contributed by atoms with Gasteiger partial charge in [-0.05, 0) is 89.9 Å². The van der Waals surface area contributed by atoms with Gasteiger partial charge in [0.2, 0.25) is 5.91 Å². The number of carbonyl (C=O) groups is 2. The summed E-state index contributed by atoms with van der Waals surface area (Å²) in [5, 5.41) is 9.19. The van der Waals surface area contributed by atoms with Gasteiger partial charge in [-0.2, -0.15) is 0 Å². The molecule has 1 aromatic rings. The summed E-state index contributed by atoms with van der Waals surface area (Å²) in [6.07, 6.45) is 3.81. The van der Waals surface area contributed by atoms with Crippen molar-refractivity contribution in [3.8, 4) is 5.75 Å². The Morgan fingerprint density at radius 2 is 1.49 bits per heavy atom. The Hall–Kier alpha value is -2.15. The number of hydrogen-bond acceptors (Lipinski definition) is 4. The number of amides is 1. The SMILES string of the molecule is CC.CC.CC.CC(C)N(C(=O)CN1CCC(COc2cc(F)c(C(=O)O)cc2C2CC2)CC1)C(C)C. The number of rotatable bonds is 9. The van der Waals surface area contributed by atoms with Crippen molar-refractivity contribution in [3.05, 3.63) is 29.1 Å². The molecular formula is C30H53FN2O4. The molecule has 1 saturated heterocycles. The average Bonchev–Trinajstić information content (AvgIpc) is 3.72. The molecule has 0 radical (unpaired) electrons. The third-order valence-corrected chi connectivity index (χ3v) is 6.29. The van der Waals surface area contributed by atoms with Crippen molar-refractivity contribution in [3.63, 3.8) is 0 Å². The van der Waals surface area contributed by atoms with Gasteiger partial charge in [0, 0.05) is 18.2 Å². The second-order valence-corrected chi connectivity index (χ2v) is 9.47. The van der Waals surface area contributed by atoms with E-state index in [1.165, 1.54) is 12.1 Å². The maximum atomic E-state index is 14.2. The summed E-state index contributed by atoms with van der Waals surface area (Å²) in [4.78, 5) is 28.1. The number of carbonyl (C=O) groups excluding carboxylic acids is 1. The molecule has 1 heterocycles. The molecule has 0 spiro atoms. The van der Waals surface area contributed by atoms with Gasteiger partial charge in [-0.3, -0.25) is 9.69 Å². The predicted octanol–water partition coefficient (Wildman–Crippen LogP) is 7.22. The molecular weight excluding hydrogens is 471 g/mol. The average molecular weight is 525 g/mol. The molecule has 1 N–H and O–H groups in total. The number of likely N-dealkylation sites (tertiary alicyclic amines) is 1. The molecule has 0 unspecified atom stereocenters. The van der Waals surface area contributed by atoms with Crippen LogP contribution in [0, 0.1) is 11.7 Å². The summed E-state index contributed by atoms with van der Waals surface area (Å²) >= 11 is 0. The highest BCUT2D eigenvalue weighted by Crippen LogP contribution is 2.45. The van der Waals surface area contributed by atoms with Gasteiger partial charge in [0.05, 0.1) is 18.7 Å². The van der Waals surface area contributed by atoms with E-state index in [4.69, 9.17) is 4.74 Å². The monoisotopic (exact) mass is 524 g/mol. The molecule has 1 amide bonds. The lowest BCUT2D eigenvalue weighted by Crippen LogP contribution is -2.48. The van der Waals surface area contributed by atoms with Gasteiger partial charge in [0.25, 0.3) is 0 Å². The van der Waals surface area contributed by atoms with Crippen LogP contribution >= 0.6 is 0 Å². The minimum Gasteiger partial charge on any atom is -0.493 e. The maximum Gasteiger partial charge on any atom is 0.338 e. The van der Waals surface area contributed by atoms with Gasteiger partial charge in [-0.1, -0.05) is 41.5 Å². The molecule has 1 aromatic carbocycles. The van der Waals surface area contributed by atoms with Gasteiger partial charge in [-0.25, -0.2) is 9.18 Å². The highest BCUT2D eigenvalue weighted by Gasteiger charge is 2.30. The molecule has 0 bridgehead atoms. The molecule has 1 aliphatic carbocycles. The number of carboxylic acid groups (broad SMARTS) is 1. The zero-order valence-electron chi connectivity index (χ0n) is 25.1. The molecule has 7 heteroatoms. The fraction of sp³-hybridized carbons (Fsp3) is 0.733. The fourth-order valence-electron chi connectivity index (χ4n) is 4.54. The maximum absolute atomic E-state index is 14.2. The molecule has 1 saturated carbocycles. The lowest BCUT2D eigenvalue weighted by Gasteiger charge is -2.36. The highest BCUT2D eigenvalue weighted by molar-refractivity contribution is 5.88. The summed E-state index contributed by atoms with van der Waals surface area (Å²) in [6, 6.07) is 3.05. The zero-order chi connectivity index (χ0) is 28.7.